The molecule has 0 aliphatic heterocycles. The number of carbonyl (C=O) groups excluding carboxylic acids is 1. The highest BCUT2D eigenvalue weighted by atomic mass is 127. The molecule has 1 fully saturated rings. The number of hydrogen-bond acceptors (Lipinski definition) is 2. The van der Waals surface area contributed by atoms with Crippen molar-refractivity contribution in [1.29, 1.82) is 0 Å². The summed E-state index contributed by atoms with van der Waals surface area (Å²) in [5, 5.41) is 3.45. The Hall–Kier alpha value is -0.330. The maximum atomic E-state index is 12.0. The summed E-state index contributed by atoms with van der Waals surface area (Å²) in [4.78, 5) is 12.0. The number of rotatable bonds is 2. The summed E-state index contributed by atoms with van der Waals surface area (Å²) in [6, 6.07) is 5.75. The predicted octanol–water partition coefficient (Wildman–Crippen LogP) is 3.01. The quantitative estimate of drug-likeness (QED) is 0.793. The second-order valence-electron chi connectivity index (χ2n) is 4.38. The van der Waals surface area contributed by atoms with Crippen LogP contribution in [0.25, 0.3) is 0 Å². The van der Waals surface area contributed by atoms with E-state index in [0.29, 0.717) is 10.7 Å². The van der Waals surface area contributed by atoms with E-state index < -0.39 is 0 Å². The molecule has 1 amide bonds. The van der Waals surface area contributed by atoms with Crippen LogP contribution in [0.4, 0.5) is 5.69 Å². The molecule has 17 heavy (non-hydrogen) atoms. The minimum Gasteiger partial charge on any atom is -0.328 e. The molecule has 3 N–H and O–H groups in total. The van der Waals surface area contributed by atoms with Crippen molar-refractivity contribution in [2.24, 2.45) is 11.7 Å². The predicted molar refractivity (Wildman–Crippen MR) is 78.1 cm³/mol. The highest BCUT2D eigenvalue weighted by molar-refractivity contribution is 14.1. The number of amides is 1. The van der Waals surface area contributed by atoms with Crippen molar-refractivity contribution in [3.63, 3.8) is 0 Å². The maximum Gasteiger partial charge on any atom is 0.227 e. The molecule has 2 rings (SSSR count). The first kappa shape index (κ1) is 13.1. The fourth-order valence-electron chi connectivity index (χ4n) is 2.08. The van der Waals surface area contributed by atoms with Gasteiger partial charge >= 0.3 is 0 Å². The molecular formula is C12H14ClIN2O. The van der Waals surface area contributed by atoms with Gasteiger partial charge in [0.2, 0.25) is 5.91 Å². The lowest BCUT2D eigenvalue weighted by Crippen LogP contribution is -2.23. The average molecular weight is 365 g/mol. The van der Waals surface area contributed by atoms with Gasteiger partial charge < -0.3 is 11.1 Å². The number of nitrogens with two attached hydrogens (primary N) is 1. The summed E-state index contributed by atoms with van der Waals surface area (Å²) >= 11 is 8.25. The van der Waals surface area contributed by atoms with Gasteiger partial charge in [-0.15, -0.1) is 0 Å². The molecule has 2 unspecified atom stereocenters. The summed E-state index contributed by atoms with van der Waals surface area (Å²) in [6.07, 6.45) is 2.57. The summed E-state index contributed by atoms with van der Waals surface area (Å²) in [5.41, 5.74) is 6.48. The molecule has 1 saturated carbocycles. The number of hydrogen-bond donors (Lipinski definition) is 2. The van der Waals surface area contributed by atoms with Crippen LogP contribution in [-0.2, 0) is 4.79 Å². The molecule has 0 saturated heterocycles. The number of benzene rings is 1. The Balaban J connectivity index is 2.03. The molecular weight excluding hydrogens is 351 g/mol. The van der Waals surface area contributed by atoms with Crippen LogP contribution in [0, 0.1) is 9.49 Å². The van der Waals surface area contributed by atoms with Gasteiger partial charge in [0.15, 0.2) is 0 Å². The zero-order valence-electron chi connectivity index (χ0n) is 9.25. The monoisotopic (exact) mass is 364 g/mol. The molecule has 0 bridgehead atoms. The van der Waals surface area contributed by atoms with Crippen LogP contribution in [0.5, 0.6) is 0 Å². The highest BCUT2D eigenvalue weighted by Crippen LogP contribution is 2.28. The molecule has 1 aromatic carbocycles. The molecule has 3 nitrogen and oxygen atoms in total. The Bertz CT molecular complexity index is 439. The second kappa shape index (κ2) is 5.54. The van der Waals surface area contributed by atoms with E-state index >= 15 is 0 Å². The first-order valence-electron chi connectivity index (χ1n) is 5.58. The summed E-state index contributed by atoms with van der Waals surface area (Å²) in [7, 11) is 0. The van der Waals surface area contributed by atoms with Crippen LogP contribution >= 0.6 is 34.2 Å². The van der Waals surface area contributed by atoms with Crippen molar-refractivity contribution in [1.82, 2.24) is 0 Å². The van der Waals surface area contributed by atoms with Crippen molar-refractivity contribution in [3.8, 4) is 0 Å². The fourth-order valence-corrected chi connectivity index (χ4v) is 2.98. The third-order valence-corrected chi connectivity index (χ3v) is 4.02. The van der Waals surface area contributed by atoms with Crippen molar-refractivity contribution in [2.45, 2.75) is 25.3 Å². The van der Waals surface area contributed by atoms with Gasteiger partial charge in [-0.2, -0.15) is 0 Å². The van der Waals surface area contributed by atoms with E-state index in [1.165, 1.54) is 0 Å². The van der Waals surface area contributed by atoms with Gasteiger partial charge in [0.05, 0.1) is 10.7 Å². The van der Waals surface area contributed by atoms with E-state index in [0.717, 1.165) is 22.8 Å². The summed E-state index contributed by atoms with van der Waals surface area (Å²) in [6.45, 7) is 0. The van der Waals surface area contributed by atoms with Crippen LogP contribution in [0.2, 0.25) is 5.02 Å². The Kier molecular flexibility index (Phi) is 4.27. The van der Waals surface area contributed by atoms with Gasteiger partial charge in [0, 0.05) is 15.5 Å². The molecule has 92 valence electrons. The lowest BCUT2D eigenvalue weighted by molar-refractivity contribution is -0.119. The molecule has 0 radical (unpaired) electrons. The summed E-state index contributed by atoms with van der Waals surface area (Å²) in [5.74, 6) is 0.0569. The summed E-state index contributed by atoms with van der Waals surface area (Å²) < 4.78 is 1.05. The Morgan fingerprint density at radius 1 is 1.47 bits per heavy atom. The second-order valence-corrected chi connectivity index (χ2v) is 6.04. The zero-order valence-corrected chi connectivity index (χ0v) is 12.2. The number of carbonyl (C=O) groups is 1. The van der Waals surface area contributed by atoms with E-state index in [-0.39, 0.29) is 17.9 Å². The SMILES string of the molecule is NC1CCC(C(=O)Nc2ccc(I)cc2Cl)C1. The van der Waals surface area contributed by atoms with Crippen LogP contribution < -0.4 is 11.1 Å². The number of nitrogens with one attached hydrogen (secondary N) is 1. The minimum absolute atomic E-state index is 0.0281. The lowest BCUT2D eigenvalue weighted by Gasteiger charge is -2.12. The topological polar surface area (TPSA) is 55.1 Å². The van der Waals surface area contributed by atoms with Crippen molar-refractivity contribution in [2.75, 3.05) is 5.32 Å². The van der Waals surface area contributed by atoms with E-state index in [1.807, 2.05) is 18.2 Å². The van der Waals surface area contributed by atoms with Gasteiger partial charge in [-0.3, -0.25) is 4.79 Å². The zero-order chi connectivity index (χ0) is 12.4. The molecule has 0 aromatic heterocycles. The van der Waals surface area contributed by atoms with E-state index in [4.69, 9.17) is 17.3 Å². The van der Waals surface area contributed by atoms with E-state index in [1.54, 1.807) is 0 Å². The minimum atomic E-state index is 0.0281. The Morgan fingerprint density at radius 2 is 2.24 bits per heavy atom. The van der Waals surface area contributed by atoms with Gasteiger partial charge in [0.25, 0.3) is 0 Å². The molecule has 1 aromatic rings. The normalized spacial score (nSPS) is 23.7. The largest absolute Gasteiger partial charge is 0.328 e. The van der Waals surface area contributed by atoms with E-state index in [9.17, 15) is 4.79 Å². The number of halogens is 2. The van der Waals surface area contributed by atoms with Gasteiger partial charge in [-0.25, -0.2) is 0 Å². The molecule has 2 atom stereocenters. The standard InChI is InChI=1S/C12H14ClIN2O/c13-10-6-8(14)2-4-11(10)16-12(17)7-1-3-9(15)5-7/h2,4,6-7,9H,1,3,5,15H2,(H,16,17). The molecule has 1 aliphatic rings. The number of anilines is 1. The maximum absolute atomic E-state index is 12.0. The van der Waals surface area contributed by atoms with Gasteiger partial charge in [0.1, 0.15) is 0 Å². The van der Waals surface area contributed by atoms with Gasteiger partial charge in [-0.1, -0.05) is 11.6 Å². The van der Waals surface area contributed by atoms with Crippen molar-refractivity contribution in [3.05, 3.63) is 26.8 Å². The molecule has 0 heterocycles. The van der Waals surface area contributed by atoms with Crippen LogP contribution in [0.3, 0.4) is 0 Å². The smallest absolute Gasteiger partial charge is 0.227 e. The highest BCUT2D eigenvalue weighted by Gasteiger charge is 2.27. The third kappa shape index (κ3) is 3.33. The Morgan fingerprint density at radius 3 is 2.82 bits per heavy atom. The van der Waals surface area contributed by atoms with Crippen LogP contribution in [0.1, 0.15) is 19.3 Å². The van der Waals surface area contributed by atoms with Crippen molar-refractivity contribution < 1.29 is 4.79 Å². The Labute approximate surface area is 119 Å². The van der Waals surface area contributed by atoms with Crippen LogP contribution in [-0.4, -0.2) is 11.9 Å². The fraction of sp³-hybridized carbons (Fsp3) is 0.417. The van der Waals surface area contributed by atoms with Gasteiger partial charge in [-0.05, 0) is 60.1 Å². The molecule has 1 aliphatic carbocycles. The van der Waals surface area contributed by atoms with Crippen molar-refractivity contribution >= 4 is 45.8 Å². The van der Waals surface area contributed by atoms with E-state index in [2.05, 4.69) is 27.9 Å². The average Bonchev–Trinajstić information content (AvgIpc) is 2.69. The van der Waals surface area contributed by atoms with Crippen LogP contribution in [0.15, 0.2) is 18.2 Å². The molecule has 5 heteroatoms. The first-order valence-corrected chi connectivity index (χ1v) is 7.03. The first-order chi connectivity index (χ1) is 8.06. The lowest BCUT2D eigenvalue weighted by atomic mass is 10.1. The third-order valence-electron chi connectivity index (χ3n) is 3.03. The molecule has 0 spiro atoms.